The molecule has 9 aromatic rings. The number of carbonyl (C=O) groups excluding carboxylic acids is 1. The Bertz CT molecular complexity index is 2820. The van der Waals surface area contributed by atoms with Crippen molar-refractivity contribution in [3.8, 4) is 67.4 Å². The Hall–Kier alpha value is -7.03. The second kappa shape index (κ2) is 31.4. The number of hydrogen-bond donors (Lipinski definition) is 3. The SMILES string of the molecule is CC(C)(C)OC(=O)NCc1ccc(-c2cnccc2-c2ccccc2)o1.CCOCC.Cl.ClCCl.NCc1ccc(-c2cnccc2-c2ccccc2)o1.NCc1ccc(-c2cnccc2-c2ccccc2)o1. The van der Waals surface area contributed by atoms with Gasteiger partial charge in [-0.2, -0.15) is 0 Å². The third-order valence-corrected chi connectivity index (χ3v) is 10.1. The van der Waals surface area contributed by atoms with Gasteiger partial charge in [0.15, 0.2) is 0 Å². The van der Waals surface area contributed by atoms with Crippen LogP contribution in [0.4, 0.5) is 4.79 Å². The van der Waals surface area contributed by atoms with Crippen LogP contribution in [0.3, 0.4) is 0 Å². The number of aromatic nitrogens is 3. The van der Waals surface area contributed by atoms with Crippen molar-refractivity contribution in [1.29, 1.82) is 0 Å². The molecule has 0 radical (unpaired) electrons. The molecule has 3 aromatic carbocycles. The number of furan rings is 3. The van der Waals surface area contributed by atoms with Gasteiger partial charge >= 0.3 is 6.09 Å². The van der Waals surface area contributed by atoms with Crippen LogP contribution in [0.1, 0.15) is 51.9 Å². The van der Waals surface area contributed by atoms with Gasteiger partial charge in [-0.25, -0.2) is 4.79 Å². The quantitative estimate of drug-likeness (QED) is 0.0992. The molecular weight excluding hydrogens is 983 g/mol. The van der Waals surface area contributed by atoms with E-state index in [9.17, 15) is 4.79 Å². The third-order valence-electron chi connectivity index (χ3n) is 10.1. The summed E-state index contributed by atoms with van der Waals surface area (Å²) in [4.78, 5) is 24.4. The maximum absolute atomic E-state index is 11.8. The Labute approximate surface area is 444 Å². The zero-order valence-electron chi connectivity index (χ0n) is 41.7. The molecule has 12 nitrogen and oxygen atoms in total. The standard InChI is InChI=1S/C21H22N2O3.2C16H14N2O.C4H10O.CH2Cl2.ClH/c1-21(2,3)26-20(24)23-13-16-9-10-19(25-16)18-14-22-12-11-17(18)15-7-5-4-6-8-15;2*17-10-13-6-7-16(19-13)15-11-18-9-8-14(15)12-4-2-1-3-5-12;1-3-5-4-2;2-1-3;/h4-12,14H,13H2,1-3H3,(H,23,24);2*1-9,11H,10,17H2;3-4H2,1-2H3;1H2;1H. The number of hydrogen-bond acceptors (Lipinski definition) is 11. The first-order chi connectivity index (χ1) is 35.0. The molecule has 0 aliphatic heterocycles. The maximum Gasteiger partial charge on any atom is 0.408 e. The molecule has 382 valence electrons. The summed E-state index contributed by atoms with van der Waals surface area (Å²) in [7, 11) is 0. The van der Waals surface area contributed by atoms with E-state index in [1.807, 2.05) is 168 Å². The van der Waals surface area contributed by atoms with Crippen LogP contribution in [0, 0.1) is 0 Å². The van der Waals surface area contributed by atoms with Gasteiger partial charge < -0.3 is 39.5 Å². The normalized spacial score (nSPS) is 10.3. The molecule has 0 atom stereocenters. The Morgan fingerprint density at radius 1 is 0.521 bits per heavy atom. The van der Waals surface area contributed by atoms with Gasteiger partial charge in [0.1, 0.15) is 40.2 Å². The molecule has 0 saturated heterocycles. The molecule has 0 saturated carbocycles. The molecular formula is C58H63Cl3N6O6. The largest absolute Gasteiger partial charge is 0.460 e. The van der Waals surface area contributed by atoms with Crippen molar-refractivity contribution in [2.45, 2.75) is 59.9 Å². The van der Waals surface area contributed by atoms with Crippen LogP contribution < -0.4 is 16.8 Å². The van der Waals surface area contributed by atoms with Crippen molar-refractivity contribution in [3.05, 3.63) is 200 Å². The number of ether oxygens (including phenoxy) is 2. The average Bonchev–Trinajstić information content (AvgIpc) is 4.22. The molecule has 0 unspecified atom stereocenters. The summed E-state index contributed by atoms with van der Waals surface area (Å²) in [6.07, 6.45) is 10.3. The van der Waals surface area contributed by atoms with Crippen molar-refractivity contribution in [3.63, 3.8) is 0 Å². The number of nitrogens with one attached hydrogen (secondary N) is 1. The zero-order chi connectivity index (χ0) is 51.6. The monoisotopic (exact) mass is 1040 g/mol. The number of halogens is 3. The topological polar surface area (TPSA) is 178 Å². The third kappa shape index (κ3) is 18.8. The molecule has 0 fully saturated rings. The Kier molecular flexibility index (Phi) is 25.2. The second-order valence-corrected chi connectivity index (χ2v) is 17.1. The molecule has 15 heteroatoms. The highest BCUT2D eigenvalue weighted by atomic mass is 35.5. The van der Waals surface area contributed by atoms with E-state index in [2.05, 4.69) is 44.5 Å². The van der Waals surface area contributed by atoms with Gasteiger partial charge in [0, 0.05) is 67.1 Å². The highest BCUT2D eigenvalue weighted by Crippen LogP contribution is 2.35. The van der Waals surface area contributed by atoms with Gasteiger partial charge in [-0.3, -0.25) is 15.0 Å². The molecule has 0 bridgehead atoms. The van der Waals surface area contributed by atoms with Crippen molar-refractivity contribution in [2.24, 2.45) is 11.5 Å². The summed E-state index contributed by atoms with van der Waals surface area (Å²) >= 11 is 9.53. The molecule has 6 aromatic heterocycles. The molecule has 0 aliphatic carbocycles. The van der Waals surface area contributed by atoms with E-state index in [0.717, 1.165) is 86.3 Å². The lowest BCUT2D eigenvalue weighted by Gasteiger charge is -2.19. The minimum Gasteiger partial charge on any atom is -0.460 e. The van der Waals surface area contributed by atoms with E-state index in [4.69, 9.17) is 57.4 Å². The lowest BCUT2D eigenvalue weighted by atomic mass is 10.0. The predicted octanol–water partition coefficient (Wildman–Crippen LogP) is 14.9. The van der Waals surface area contributed by atoms with Crippen LogP contribution >= 0.6 is 35.6 Å². The maximum atomic E-state index is 11.8. The van der Waals surface area contributed by atoms with E-state index >= 15 is 0 Å². The van der Waals surface area contributed by atoms with Crippen LogP contribution in [0.15, 0.2) is 196 Å². The summed E-state index contributed by atoms with van der Waals surface area (Å²) in [6, 6.07) is 47.8. The number of carbonyl (C=O) groups is 1. The summed E-state index contributed by atoms with van der Waals surface area (Å²) in [5.74, 6) is 4.50. The first-order valence-electron chi connectivity index (χ1n) is 23.3. The molecule has 0 aliphatic rings. The van der Waals surface area contributed by atoms with Crippen molar-refractivity contribution in [2.75, 3.05) is 18.6 Å². The number of pyridine rings is 3. The lowest BCUT2D eigenvalue weighted by Crippen LogP contribution is -2.32. The van der Waals surface area contributed by atoms with E-state index in [1.54, 1.807) is 24.8 Å². The van der Waals surface area contributed by atoms with Crippen LogP contribution in [-0.4, -0.2) is 45.2 Å². The second-order valence-electron chi connectivity index (χ2n) is 16.3. The molecule has 1 amide bonds. The van der Waals surface area contributed by atoms with E-state index in [-0.39, 0.29) is 24.3 Å². The summed E-state index contributed by atoms with van der Waals surface area (Å²) in [6.45, 7) is 12.2. The van der Waals surface area contributed by atoms with Crippen molar-refractivity contribution < 1.29 is 27.5 Å². The van der Waals surface area contributed by atoms with E-state index in [0.29, 0.717) is 24.6 Å². The number of benzene rings is 3. The zero-order valence-corrected chi connectivity index (χ0v) is 44.0. The van der Waals surface area contributed by atoms with E-state index < -0.39 is 11.7 Å². The molecule has 0 spiro atoms. The Morgan fingerprint density at radius 2 is 0.849 bits per heavy atom. The number of amides is 1. The van der Waals surface area contributed by atoms with Crippen molar-refractivity contribution >= 4 is 41.7 Å². The first-order valence-corrected chi connectivity index (χ1v) is 24.4. The Balaban J connectivity index is 0.000000222. The molecule has 73 heavy (non-hydrogen) atoms. The number of nitrogens with zero attached hydrogens (tertiary/aromatic N) is 3. The van der Waals surface area contributed by atoms with Crippen LogP contribution in [0.25, 0.3) is 67.4 Å². The number of alkyl halides is 2. The fraction of sp³-hybridized carbons (Fsp3) is 0.207. The lowest BCUT2D eigenvalue weighted by molar-refractivity contribution is 0.0520. The minimum absolute atomic E-state index is 0. The highest BCUT2D eigenvalue weighted by Gasteiger charge is 2.17. The van der Waals surface area contributed by atoms with Gasteiger partial charge in [-0.1, -0.05) is 91.0 Å². The van der Waals surface area contributed by atoms with Gasteiger partial charge in [-0.05, 0) is 123 Å². The van der Waals surface area contributed by atoms with Crippen LogP contribution in [0.2, 0.25) is 0 Å². The van der Waals surface area contributed by atoms with Gasteiger partial charge in [-0.15, -0.1) is 35.6 Å². The molecule has 6 heterocycles. The summed E-state index contributed by atoms with van der Waals surface area (Å²) in [5, 5.41) is 2.89. The summed E-state index contributed by atoms with van der Waals surface area (Å²) in [5.41, 5.74) is 20.1. The number of nitrogens with two attached hydrogens (primary N) is 2. The van der Waals surface area contributed by atoms with Gasteiger partial charge in [0.05, 0.1) is 25.0 Å². The Morgan fingerprint density at radius 3 is 1.14 bits per heavy atom. The first kappa shape index (κ1) is 58.5. The summed E-state index contributed by atoms with van der Waals surface area (Å²) < 4.78 is 27.4. The minimum atomic E-state index is -0.529. The predicted molar refractivity (Wildman–Crippen MR) is 297 cm³/mol. The fourth-order valence-electron chi connectivity index (χ4n) is 6.94. The van der Waals surface area contributed by atoms with Gasteiger partial charge in [0.25, 0.3) is 0 Å². The van der Waals surface area contributed by atoms with E-state index in [1.165, 1.54) is 0 Å². The number of alkyl carbamates (subject to hydrolysis) is 1. The molecule has 9 rings (SSSR count). The highest BCUT2D eigenvalue weighted by molar-refractivity contribution is 6.40. The number of rotatable bonds is 12. The fourth-order valence-corrected chi connectivity index (χ4v) is 6.94. The van der Waals surface area contributed by atoms with Crippen LogP contribution in [-0.2, 0) is 29.1 Å². The van der Waals surface area contributed by atoms with Crippen LogP contribution in [0.5, 0.6) is 0 Å². The van der Waals surface area contributed by atoms with Crippen molar-refractivity contribution in [1.82, 2.24) is 20.3 Å². The smallest absolute Gasteiger partial charge is 0.408 e. The van der Waals surface area contributed by atoms with Gasteiger partial charge in [0.2, 0.25) is 0 Å². The molecule has 5 N–H and O–H groups in total. The average molecular weight is 1050 g/mol.